The number of nitrogens with zero attached hydrogens (tertiary/aromatic N) is 1. The van der Waals surface area contributed by atoms with Crippen molar-refractivity contribution in [3.63, 3.8) is 0 Å². The zero-order chi connectivity index (χ0) is 11.0. The molecular weight excluding hydrogens is 170 g/mol. The van der Waals surface area contributed by atoms with Crippen LogP contribution in [-0.2, 0) is 0 Å². The van der Waals surface area contributed by atoms with E-state index in [4.69, 9.17) is 5.26 Å². The van der Waals surface area contributed by atoms with Crippen molar-refractivity contribution >= 4 is 0 Å². The fourth-order valence-electron chi connectivity index (χ4n) is 1.64. The lowest BCUT2D eigenvalue weighted by molar-refractivity contribution is 0.278. The molecule has 1 heteroatoms. The van der Waals surface area contributed by atoms with Crippen LogP contribution in [0.2, 0.25) is 0 Å². The predicted molar refractivity (Wildman–Crippen MR) is 61.9 cm³/mol. The highest BCUT2D eigenvalue weighted by molar-refractivity contribution is 4.90. The van der Waals surface area contributed by atoms with Crippen molar-refractivity contribution in [2.75, 3.05) is 0 Å². The summed E-state index contributed by atoms with van der Waals surface area (Å²) >= 11 is 0. The molecule has 0 saturated carbocycles. The molecule has 0 aromatic carbocycles. The van der Waals surface area contributed by atoms with E-state index in [2.05, 4.69) is 33.8 Å². The summed E-state index contributed by atoms with van der Waals surface area (Å²) in [6.45, 7) is 8.71. The number of unbranched alkanes of at least 4 members (excludes halogenated alkanes) is 4. The third kappa shape index (κ3) is 6.02. The van der Waals surface area contributed by atoms with Crippen molar-refractivity contribution in [2.24, 2.45) is 11.3 Å². The molecule has 0 aliphatic carbocycles. The van der Waals surface area contributed by atoms with E-state index in [-0.39, 0.29) is 11.3 Å². The van der Waals surface area contributed by atoms with Crippen LogP contribution in [0, 0.1) is 22.7 Å². The zero-order valence-electron chi connectivity index (χ0n) is 10.3. The van der Waals surface area contributed by atoms with Gasteiger partial charge in [-0.2, -0.15) is 5.26 Å². The van der Waals surface area contributed by atoms with Crippen molar-refractivity contribution in [1.82, 2.24) is 0 Å². The number of hydrogen-bond acceptors (Lipinski definition) is 1. The van der Waals surface area contributed by atoms with Crippen molar-refractivity contribution in [3.8, 4) is 6.07 Å². The first-order chi connectivity index (χ1) is 6.52. The van der Waals surface area contributed by atoms with Gasteiger partial charge in [0.15, 0.2) is 0 Å². The summed E-state index contributed by atoms with van der Waals surface area (Å²) in [6, 6.07) is 2.43. The molecule has 82 valence electrons. The third-order valence-electron chi connectivity index (χ3n) is 2.80. The first kappa shape index (κ1) is 13.5. The molecule has 0 aliphatic heterocycles. The Kier molecular flexibility index (Phi) is 6.62. The van der Waals surface area contributed by atoms with Gasteiger partial charge in [0.1, 0.15) is 0 Å². The lowest BCUT2D eigenvalue weighted by Crippen LogP contribution is -2.18. The molecular formula is C13H25N. The molecule has 0 amide bonds. The topological polar surface area (TPSA) is 23.8 Å². The minimum atomic E-state index is 0.152. The second-order valence-corrected chi connectivity index (χ2v) is 5.25. The van der Waals surface area contributed by atoms with Gasteiger partial charge in [-0.15, -0.1) is 0 Å². The molecule has 1 atom stereocenters. The molecule has 0 aromatic heterocycles. The monoisotopic (exact) mass is 195 g/mol. The fraction of sp³-hybridized carbons (Fsp3) is 0.923. The standard InChI is InChI=1S/C13H25N/c1-5-6-7-8-9-10-12(11-14)13(2,3)4/h12H,5-10H2,1-4H3. The Hall–Kier alpha value is -0.510. The van der Waals surface area contributed by atoms with E-state index >= 15 is 0 Å². The highest BCUT2D eigenvalue weighted by Crippen LogP contribution is 2.29. The molecule has 0 N–H and O–H groups in total. The lowest BCUT2D eigenvalue weighted by Gasteiger charge is -2.24. The maximum absolute atomic E-state index is 9.01. The van der Waals surface area contributed by atoms with Gasteiger partial charge in [0.25, 0.3) is 0 Å². The Morgan fingerprint density at radius 2 is 1.64 bits per heavy atom. The van der Waals surface area contributed by atoms with Gasteiger partial charge in [-0.3, -0.25) is 0 Å². The van der Waals surface area contributed by atoms with E-state index in [1.807, 2.05) is 0 Å². The zero-order valence-corrected chi connectivity index (χ0v) is 10.3. The van der Waals surface area contributed by atoms with E-state index in [0.29, 0.717) is 0 Å². The Morgan fingerprint density at radius 3 is 2.07 bits per heavy atom. The van der Waals surface area contributed by atoms with Gasteiger partial charge in [-0.25, -0.2) is 0 Å². The van der Waals surface area contributed by atoms with Crippen LogP contribution in [0.5, 0.6) is 0 Å². The van der Waals surface area contributed by atoms with Crippen LogP contribution in [-0.4, -0.2) is 0 Å². The molecule has 14 heavy (non-hydrogen) atoms. The van der Waals surface area contributed by atoms with Gasteiger partial charge in [0, 0.05) is 0 Å². The second-order valence-electron chi connectivity index (χ2n) is 5.25. The summed E-state index contributed by atoms with van der Waals surface area (Å²) in [6.07, 6.45) is 7.55. The van der Waals surface area contributed by atoms with E-state index in [0.717, 1.165) is 6.42 Å². The van der Waals surface area contributed by atoms with Crippen molar-refractivity contribution in [1.29, 1.82) is 5.26 Å². The predicted octanol–water partition coefficient (Wildman–Crippen LogP) is 4.53. The van der Waals surface area contributed by atoms with Gasteiger partial charge < -0.3 is 0 Å². The van der Waals surface area contributed by atoms with Crippen LogP contribution >= 0.6 is 0 Å². The van der Waals surface area contributed by atoms with Gasteiger partial charge in [0.05, 0.1) is 12.0 Å². The fourth-order valence-corrected chi connectivity index (χ4v) is 1.64. The van der Waals surface area contributed by atoms with Crippen molar-refractivity contribution in [3.05, 3.63) is 0 Å². The summed E-state index contributed by atoms with van der Waals surface area (Å²) in [7, 11) is 0. The first-order valence-electron chi connectivity index (χ1n) is 5.92. The summed E-state index contributed by atoms with van der Waals surface area (Å²) in [5.74, 6) is 0.226. The average Bonchev–Trinajstić information content (AvgIpc) is 2.09. The largest absolute Gasteiger partial charge is 0.198 e. The highest BCUT2D eigenvalue weighted by Gasteiger charge is 2.23. The quantitative estimate of drug-likeness (QED) is 0.571. The average molecular weight is 195 g/mol. The minimum absolute atomic E-state index is 0.152. The minimum Gasteiger partial charge on any atom is -0.198 e. The summed E-state index contributed by atoms with van der Waals surface area (Å²) < 4.78 is 0. The maximum Gasteiger partial charge on any atom is 0.0661 e. The van der Waals surface area contributed by atoms with E-state index < -0.39 is 0 Å². The Labute approximate surface area is 89.5 Å². The molecule has 0 aliphatic rings. The van der Waals surface area contributed by atoms with E-state index in [1.165, 1.54) is 32.1 Å². The van der Waals surface area contributed by atoms with Gasteiger partial charge >= 0.3 is 0 Å². The Morgan fingerprint density at radius 1 is 1.07 bits per heavy atom. The van der Waals surface area contributed by atoms with Crippen molar-refractivity contribution in [2.45, 2.75) is 66.2 Å². The van der Waals surface area contributed by atoms with E-state index in [9.17, 15) is 0 Å². The molecule has 0 fully saturated rings. The molecule has 0 bridgehead atoms. The van der Waals surface area contributed by atoms with Gasteiger partial charge in [-0.05, 0) is 11.8 Å². The molecule has 0 rings (SSSR count). The Bertz CT molecular complexity index is 171. The van der Waals surface area contributed by atoms with Crippen LogP contribution in [0.4, 0.5) is 0 Å². The Balaban J connectivity index is 3.61. The van der Waals surface area contributed by atoms with Gasteiger partial charge in [0.2, 0.25) is 0 Å². The number of hydrogen-bond donors (Lipinski definition) is 0. The molecule has 0 saturated heterocycles. The summed E-state index contributed by atoms with van der Waals surface area (Å²) in [4.78, 5) is 0. The number of nitriles is 1. The second kappa shape index (κ2) is 6.87. The summed E-state index contributed by atoms with van der Waals surface area (Å²) in [5.41, 5.74) is 0.152. The van der Waals surface area contributed by atoms with Crippen LogP contribution in [0.3, 0.4) is 0 Å². The molecule has 1 nitrogen and oxygen atoms in total. The maximum atomic E-state index is 9.01. The van der Waals surface area contributed by atoms with Crippen LogP contribution in [0.25, 0.3) is 0 Å². The van der Waals surface area contributed by atoms with Crippen LogP contribution < -0.4 is 0 Å². The third-order valence-corrected chi connectivity index (χ3v) is 2.80. The molecule has 0 radical (unpaired) electrons. The van der Waals surface area contributed by atoms with Crippen molar-refractivity contribution < 1.29 is 0 Å². The van der Waals surface area contributed by atoms with Crippen LogP contribution in [0.15, 0.2) is 0 Å². The number of rotatable bonds is 6. The highest BCUT2D eigenvalue weighted by atomic mass is 14.3. The van der Waals surface area contributed by atoms with E-state index in [1.54, 1.807) is 0 Å². The molecule has 0 heterocycles. The molecule has 1 unspecified atom stereocenters. The van der Waals surface area contributed by atoms with Crippen LogP contribution in [0.1, 0.15) is 66.2 Å². The van der Waals surface area contributed by atoms with Gasteiger partial charge in [-0.1, -0.05) is 59.8 Å². The molecule has 0 spiro atoms. The first-order valence-corrected chi connectivity index (χ1v) is 5.92. The molecule has 0 aromatic rings. The lowest BCUT2D eigenvalue weighted by atomic mass is 9.79. The smallest absolute Gasteiger partial charge is 0.0661 e. The normalized spacial score (nSPS) is 13.6. The summed E-state index contributed by atoms with van der Waals surface area (Å²) in [5, 5.41) is 9.01. The SMILES string of the molecule is CCCCCCCC(C#N)C(C)(C)C.